The molecule has 0 radical (unpaired) electrons. The molecule has 2 aliphatic heterocycles. The number of hydrogen-bond acceptors (Lipinski definition) is 6. The number of hydrogen-bond donors (Lipinski definition) is 2. The molecule has 2 aromatic carbocycles. The number of benzene rings is 2. The SMILES string of the molecule is CCN(C(=O)c1cc2c(cc1F)OC(C)(C)C(=O)N2CCN)[C@H]1CN(C(=O)O)CC[C@@H]1c1cccc(OC)c1. The molecule has 2 aliphatic rings. The van der Waals surface area contributed by atoms with Crippen molar-refractivity contribution < 1.29 is 33.4 Å². The Bertz CT molecular complexity index is 1270. The summed E-state index contributed by atoms with van der Waals surface area (Å²) in [5.41, 5.74) is 5.46. The molecule has 0 bridgehead atoms. The van der Waals surface area contributed by atoms with E-state index in [1.165, 1.54) is 20.8 Å². The largest absolute Gasteiger partial charge is 0.497 e. The first-order valence-corrected chi connectivity index (χ1v) is 13.0. The number of anilines is 1. The molecule has 2 aromatic rings. The van der Waals surface area contributed by atoms with Gasteiger partial charge in [-0.3, -0.25) is 9.59 Å². The first kappa shape index (κ1) is 28.2. The van der Waals surface area contributed by atoms with E-state index in [4.69, 9.17) is 15.2 Å². The van der Waals surface area contributed by atoms with Crippen LogP contribution in [0.25, 0.3) is 0 Å². The highest BCUT2D eigenvalue weighted by Crippen LogP contribution is 2.40. The number of carboxylic acid groups (broad SMARTS) is 1. The van der Waals surface area contributed by atoms with Gasteiger partial charge in [-0.05, 0) is 51.0 Å². The van der Waals surface area contributed by atoms with Crippen LogP contribution in [0.15, 0.2) is 36.4 Å². The Hall–Kier alpha value is -3.86. The Morgan fingerprint density at radius 3 is 2.67 bits per heavy atom. The first-order valence-electron chi connectivity index (χ1n) is 13.0. The van der Waals surface area contributed by atoms with E-state index in [0.29, 0.717) is 18.7 Å². The van der Waals surface area contributed by atoms with Crippen LogP contribution in [-0.2, 0) is 4.79 Å². The van der Waals surface area contributed by atoms with Gasteiger partial charge >= 0.3 is 6.09 Å². The van der Waals surface area contributed by atoms with Gasteiger partial charge in [0.05, 0.1) is 24.4 Å². The molecule has 0 spiro atoms. The zero-order valence-corrected chi connectivity index (χ0v) is 22.6. The second-order valence-corrected chi connectivity index (χ2v) is 10.2. The molecule has 3 N–H and O–H groups in total. The zero-order valence-electron chi connectivity index (χ0n) is 22.6. The number of piperidine rings is 1. The van der Waals surface area contributed by atoms with Crippen molar-refractivity contribution in [3.63, 3.8) is 0 Å². The van der Waals surface area contributed by atoms with Gasteiger partial charge in [0.25, 0.3) is 11.8 Å². The van der Waals surface area contributed by atoms with E-state index in [-0.39, 0.29) is 55.0 Å². The van der Waals surface area contributed by atoms with E-state index in [9.17, 15) is 19.5 Å². The summed E-state index contributed by atoms with van der Waals surface area (Å²) < 4.78 is 26.7. The molecule has 2 heterocycles. The standard InChI is InChI=1S/C28H35FN4O6/c1-5-32(23-16-31(27(36)37)11-9-19(23)17-7-6-8-18(13-17)38-4)25(34)20-14-22-24(15-21(20)29)39-28(2,3)26(35)33(22)12-10-30/h6-8,13-15,19,23H,5,9-12,16,30H2,1-4H3,(H,36,37)/t19-,23+/m1/s1. The molecule has 1 fully saturated rings. The Balaban J connectivity index is 1.75. The summed E-state index contributed by atoms with van der Waals surface area (Å²) in [5.74, 6) is -1.16. The number of likely N-dealkylation sites (tertiary alicyclic amines) is 1. The van der Waals surface area contributed by atoms with Crippen molar-refractivity contribution in [3.05, 3.63) is 53.3 Å². The molecule has 0 aromatic heterocycles. The summed E-state index contributed by atoms with van der Waals surface area (Å²) in [4.78, 5) is 43.1. The van der Waals surface area contributed by atoms with E-state index in [2.05, 4.69) is 0 Å². The van der Waals surface area contributed by atoms with Gasteiger partial charge in [-0.25, -0.2) is 9.18 Å². The average molecular weight is 543 g/mol. The van der Waals surface area contributed by atoms with Crippen molar-refractivity contribution in [2.75, 3.05) is 44.7 Å². The molecular weight excluding hydrogens is 507 g/mol. The third-order valence-corrected chi connectivity index (χ3v) is 7.42. The fourth-order valence-corrected chi connectivity index (χ4v) is 5.47. The second kappa shape index (κ2) is 11.1. The Morgan fingerprint density at radius 1 is 1.28 bits per heavy atom. The summed E-state index contributed by atoms with van der Waals surface area (Å²) >= 11 is 0. The number of amides is 3. The van der Waals surface area contributed by atoms with Gasteiger partial charge < -0.3 is 35.0 Å². The normalized spacial score (nSPS) is 20.2. The van der Waals surface area contributed by atoms with Gasteiger partial charge in [0.15, 0.2) is 5.60 Å². The predicted octanol–water partition coefficient (Wildman–Crippen LogP) is 3.30. The Labute approximate surface area is 227 Å². The van der Waals surface area contributed by atoms with Crippen molar-refractivity contribution in [2.45, 2.75) is 44.8 Å². The Kier molecular flexibility index (Phi) is 8.01. The molecule has 3 amide bonds. The van der Waals surface area contributed by atoms with Gasteiger partial charge in [-0.2, -0.15) is 0 Å². The minimum absolute atomic E-state index is 0.0679. The van der Waals surface area contributed by atoms with Crippen molar-refractivity contribution >= 4 is 23.6 Å². The number of nitrogens with two attached hydrogens (primary N) is 1. The first-order chi connectivity index (χ1) is 18.5. The number of rotatable bonds is 7. The fraction of sp³-hybridized carbons (Fsp3) is 0.464. The third kappa shape index (κ3) is 5.36. The number of carbonyl (C=O) groups excluding carboxylic acids is 2. The topological polar surface area (TPSA) is 126 Å². The number of ether oxygens (including phenoxy) is 2. The molecule has 4 rings (SSSR count). The van der Waals surface area contributed by atoms with Crippen LogP contribution >= 0.6 is 0 Å². The molecule has 0 saturated carbocycles. The minimum atomic E-state index is -1.22. The van der Waals surface area contributed by atoms with Gasteiger partial charge in [0.1, 0.15) is 17.3 Å². The molecule has 10 nitrogen and oxygen atoms in total. The molecular formula is C28H35FN4O6. The average Bonchev–Trinajstić information content (AvgIpc) is 2.91. The molecule has 0 aliphatic carbocycles. The summed E-state index contributed by atoms with van der Waals surface area (Å²) in [6, 6.07) is 9.35. The lowest BCUT2D eigenvalue weighted by Gasteiger charge is -2.43. The number of nitrogens with zero attached hydrogens (tertiary/aromatic N) is 3. The van der Waals surface area contributed by atoms with Crippen LogP contribution in [0.3, 0.4) is 0 Å². The quantitative estimate of drug-likeness (QED) is 0.550. The summed E-state index contributed by atoms with van der Waals surface area (Å²) in [7, 11) is 1.56. The lowest BCUT2D eigenvalue weighted by atomic mass is 9.84. The number of halogens is 1. The van der Waals surface area contributed by atoms with Crippen LogP contribution in [0.4, 0.5) is 14.9 Å². The molecule has 1 saturated heterocycles. The van der Waals surface area contributed by atoms with Crippen LogP contribution in [0, 0.1) is 5.82 Å². The number of fused-ring (bicyclic) bond motifs is 1. The maximum atomic E-state index is 15.5. The van der Waals surface area contributed by atoms with Gasteiger partial charge in [0.2, 0.25) is 0 Å². The minimum Gasteiger partial charge on any atom is -0.497 e. The van der Waals surface area contributed by atoms with Crippen molar-refractivity contribution in [2.24, 2.45) is 5.73 Å². The molecule has 11 heteroatoms. The van der Waals surface area contributed by atoms with Crippen LogP contribution < -0.4 is 20.1 Å². The smallest absolute Gasteiger partial charge is 0.407 e. The summed E-state index contributed by atoms with van der Waals surface area (Å²) in [6.07, 6.45) is -0.606. The number of likely N-dealkylation sites (N-methyl/N-ethyl adjacent to an activating group) is 1. The van der Waals surface area contributed by atoms with Crippen molar-refractivity contribution in [1.82, 2.24) is 9.80 Å². The predicted molar refractivity (Wildman–Crippen MR) is 143 cm³/mol. The van der Waals surface area contributed by atoms with Crippen molar-refractivity contribution in [3.8, 4) is 11.5 Å². The van der Waals surface area contributed by atoms with E-state index < -0.39 is 29.5 Å². The fourth-order valence-electron chi connectivity index (χ4n) is 5.47. The zero-order chi connectivity index (χ0) is 28.5. The molecule has 2 atom stereocenters. The third-order valence-electron chi connectivity index (χ3n) is 7.42. The highest BCUT2D eigenvalue weighted by molar-refractivity contribution is 6.04. The van der Waals surface area contributed by atoms with Crippen LogP contribution in [0.2, 0.25) is 0 Å². The van der Waals surface area contributed by atoms with E-state index in [1.807, 2.05) is 24.3 Å². The second-order valence-electron chi connectivity index (χ2n) is 10.2. The summed E-state index contributed by atoms with van der Waals surface area (Å²) in [5, 5.41) is 9.71. The number of methoxy groups -OCH3 is 1. The van der Waals surface area contributed by atoms with Crippen LogP contribution in [0.1, 0.15) is 49.0 Å². The maximum Gasteiger partial charge on any atom is 0.407 e. The van der Waals surface area contributed by atoms with Gasteiger partial charge in [0, 0.05) is 44.7 Å². The number of carbonyl (C=O) groups is 3. The molecule has 39 heavy (non-hydrogen) atoms. The lowest BCUT2D eigenvalue weighted by molar-refractivity contribution is -0.132. The summed E-state index contributed by atoms with van der Waals surface area (Å²) in [6.45, 7) is 5.87. The van der Waals surface area contributed by atoms with Crippen molar-refractivity contribution in [1.29, 1.82) is 0 Å². The monoisotopic (exact) mass is 542 g/mol. The maximum absolute atomic E-state index is 15.5. The molecule has 210 valence electrons. The van der Waals surface area contributed by atoms with Gasteiger partial charge in [-0.15, -0.1) is 0 Å². The van der Waals surface area contributed by atoms with E-state index in [0.717, 1.165) is 11.6 Å². The van der Waals surface area contributed by atoms with Crippen LogP contribution in [0.5, 0.6) is 11.5 Å². The van der Waals surface area contributed by atoms with Crippen LogP contribution in [-0.4, -0.2) is 84.3 Å². The highest BCUT2D eigenvalue weighted by atomic mass is 19.1. The Morgan fingerprint density at radius 2 is 2.03 bits per heavy atom. The van der Waals surface area contributed by atoms with E-state index >= 15 is 4.39 Å². The lowest BCUT2D eigenvalue weighted by Crippen LogP contribution is -2.55. The highest BCUT2D eigenvalue weighted by Gasteiger charge is 2.43. The van der Waals surface area contributed by atoms with E-state index in [1.54, 1.807) is 27.9 Å². The van der Waals surface area contributed by atoms with Gasteiger partial charge in [-0.1, -0.05) is 12.1 Å². The molecule has 0 unspecified atom stereocenters.